The maximum atomic E-state index is 14.3. The number of benzene rings is 3. The number of nitrogens with one attached hydrogen (secondary N) is 1. The highest BCUT2D eigenvalue weighted by atomic mass is 32.2. The normalized spacial score (nSPS) is 18.6. The largest absolute Gasteiger partial charge is 0.588 e. The minimum absolute atomic E-state index is 0.147. The Labute approximate surface area is 227 Å². The number of anilines is 2. The van der Waals surface area contributed by atoms with Crippen molar-refractivity contribution in [1.82, 2.24) is 9.80 Å². The monoisotopic (exact) mass is 536 g/mol. The third kappa shape index (κ3) is 5.45. The van der Waals surface area contributed by atoms with E-state index in [4.69, 9.17) is 0 Å². The molecule has 0 amide bonds. The van der Waals surface area contributed by atoms with Crippen LogP contribution >= 0.6 is 0 Å². The Kier molecular flexibility index (Phi) is 8.04. The van der Waals surface area contributed by atoms with Crippen molar-refractivity contribution < 1.29 is 13.3 Å². The summed E-state index contributed by atoms with van der Waals surface area (Å²) in [6, 6.07) is 17.9. The van der Waals surface area contributed by atoms with Crippen molar-refractivity contribution in [3.05, 3.63) is 95.1 Å². The quantitative estimate of drug-likeness (QED) is 0.375. The fraction of sp³-hybridized carbons (Fsp3) is 0.333. The van der Waals surface area contributed by atoms with E-state index in [0.717, 1.165) is 54.6 Å². The molecule has 1 N–H and O–H groups in total. The molecule has 0 bridgehead atoms. The predicted octanol–water partition coefficient (Wildman–Crippen LogP) is 6.00. The highest BCUT2D eigenvalue weighted by Crippen LogP contribution is 2.34. The lowest BCUT2D eigenvalue weighted by molar-refractivity contribution is 0.0761. The van der Waals surface area contributed by atoms with Gasteiger partial charge in [0.2, 0.25) is 4.90 Å². The lowest BCUT2D eigenvalue weighted by Gasteiger charge is -2.41. The molecule has 2 aliphatic rings. The summed E-state index contributed by atoms with van der Waals surface area (Å²) in [6.07, 6.45) is 4.18. The van der Waals surface area contributed by atoms with Crippen molar-refractivity contribution in [3.63, 3.8) is 0 Å². The molecule has 3 unspecified atom stereocenters. The summed E-state index contributed by atoms with van der Waals surface area (Å²) in [4.78, 5) is 7.42. The topological polar surface area (TPSA) is 44.8 Å². The molecule has 200 valence electrons. The van der Waals surface area contributed by atoms with Crippen molar-refractivity contribution >= 4 is 28.8 Å². The van der Waals surface area contributed by atoms with Crippen LogP contribution in [0.3, 0.4) is 0 Å². The van der Waals surface area contributed by atoms with Crippen LogP contribution in [-0.2, 0) is 11.4 Å². The fourth-order valence-electron chi connectivity index (χ4n) is 5.47. The molecular formula is C30H34F2N4OS. The van der Waals surface area contributed by atoms with E-state index in [2.05, 4.69) is 50.6 Å². The summed E-state index contributed by atoms with van der Waals surface area (Å²) in [7, 11) is 2.01. The molecule has 2 aliphatic heterocycles. The molecule has 1 saturated heterocycles. The number of nitrogens with zero attached hydrogens (tertiary/aromatic N) is 3. The van der Waals surface area contributed by atoms with Crippen LogP contribution in [0.2, 0.25) is 0 Å². The minimum atomic E-state index is -1.39. The van der Waals surface area contributed by atoms with Gasteiger partial charge in [0.1, 0.15) is 28.7 Å². The van der Waals surface area contributed by atoms with Gasteiger partial charge in [-0.05, 0) is 49.7 Å². The van der Waals surface area contributed by atoms with E-state index in [1.165, 1.54) is 23.8 Å². The van der Waals surface area contributed by atoms with Gasteiger partial charge in [-0.1, -0.05) is 42.5 Å². The molecule has 38 heavy (non-hydrogen) atoms. The van der Waals surface area contributed by atoms with Gasteiger partial charge in [0, 0.05) is 63.0 Å². The first-order valence-electron chi connectivity index (χ1n) is 13.0. The van der Waals surface area contributed by atoms with Crippen LogP contribution in [-0.4, -0.2) is 54.1 Å². The third-order valence-electron chi connectivity index (χ3n) is 7.75. The van der Waals surface area contributed by atoms with Crippen molar-refractivity contribution in [2.75, 3.05) is 49.4 Å². The molecule has 3 aromatic carbocycles. The molecule has 5 rings (SSSR count). The Morgan fingerprint density at radius 1 is 0.842 bits per heavy atom. The molecule has 0 radical (unpaired) electrons. The predicted molar refractivity (Wildman–Crippen MR) is 152 cm³/mol. The van der Waals surface area contributed by atoms with Gasteiger partial charge in [0.15, 0.2) is 0 Å². The zero-order valence-corrected chi connectivity index (χ0v) is 22.8. The highest BCUT2D eigenvalue weighted by Gasteiger charge is 2.28. The molecule has 3 atom stereocenters. The van der Waals surface area contributed by atoms with Gasteiger partial charge in [-0.25, -0.2) is 13.5 Å². The minimum Gasteiger partial charge on any atom is -0.588 e. The van der Waals surface area contributed by atoms with Crippen LogP contribution in [0.15, 0.2) is 71.6 Å². The second-order valence-electron chi connectivity index (χ2n) is 10.0. The number of rotatable bonds is 7. The van der Waals surface area contributed by atoms with Gasteiger partial charge < -0.3 is 9.45 Å². The molecule has 0 aromatic heterocycles. The number of hydrogen-bond acceptors (Lipinski definition) is 5. The maximum Gasteiger partial charge on any atom is 0.203 e. The number of likely N-dealkylation sites (N-methyl/N-ethyl adjacent to an activating group) is 1. The van der Waals surface area contributed by atoms with Crippen LogP contribution in [0.5, 0.6) is 0 Å². The second-order valence-corrected chi connectivity index (χ2v) is 11.2. The lowest BCUT2D eigenvalue weighted by Crippen LogP contribution is -2.48. The average molecular weight is 537 g/mol. The van der Waals surface area contributed by atoms with Crippen molar-refractivity contribution in [1.29, 1.82) is 0 Å². The van der Waals surface area contributed by atoms with Crippen LogP contribution in [0.4, 0.5) is 20.2 Å². The number of piperazine rings is 1. The van der Waals surface area contributed by atoms with Gasteiger partial charge in [0.25, 0.3) is 0 Å². The molecule has 0 aliphatic carbocycles. The number of fused-ring (bicyclic) bond motifs is 1. The van der Waals surface area contributed by atoms with Gasteiger partial charge in [-0.15, -0.1) is 0 Å². The number of hydrogen-bond donors (Lipinski definition) is 1. The Morgan fingerprint density at radius 2 is 1.45 bits per heavy atom. The summed E-state index contributed by atoms with van der Waals surface area (Å²) in [5.74, 6) is -0.974. The Morgan fingerprint density at radius 3 is 2.11 bits per heavy atom. The smallest absolute Gasteiger partial charge is 0.203 e. The standard InChI is InChI=1S/C30H34F2N4OS/c1-21(35-17-19-36(20-18-35)22(2)29-26(31)9-5-10-27(29)32)23-12-14-25(15-13-23)33-38(37)28-11-4-7-24-8-6-16-34(3)30(24)28/h4-15,21-22,33H,16-20H2,1-3H3. The van der Waals surface area contributed by atoms with E-state index in [0.29, 0.717) is 0 Å². The summed E-state index contributed by atoms with van der Waals surface area (Å²) < 4.78 is 44.9. The van der Waals surface area contributed by atoms with Gasteiger partial charge in [0.05, 0.1) is 5.69 Å². The van der Waals surface area contributed by atoms with Crippen molar-refractivity contribution in [2.45, 2.75) is 30.8 Å². The molecular weight excluding hydrogens is 502 g/mol. The van der Waals surface area contributed by atoms with Crippen LogP contribution in [0.25, 0.3) is 6.08 Å². The molecule has 5 nitrogen and oxygen atoms in total. The summed E-state index contributed by atoms with van der Waals surface area (Å²) in [6.45, 7) is 7.94. The van der Waals surface area contributed by atoms with Gasteiger partial charge in [-0.2, -0.15) is 0 Å². The van der Waals surface area contributed by atoms with E-state index in [9.17, 15) is 13.3 Å². The van der Waals surface area contributed by atoms with E-state index in [1.807, 2.05) is 44.3 Å². The molecule has 3 aromatic rings. The van der Waals surface area contributed by atoms with Crippen LogP contribution in [0, 0.1) is 11.6 Å². The first-order valence-corrected chi connectivity index (χ1v) is 14.2. The zero-order valence-electron chi connectivity index (χ0n) is 22.0. The molecule has 2 heterocycles. The SMILES string of the molecule is CC(c1ccc(N[S+]([O-])c2cccc3c2N(C)CC=C3)cc1)N1CCN(C(C)c2c(F)cccc2F)CC1. The molecule has 1 fully saturated rings. The van der Waals surface area contributed by atoms with Crippen molar-refractivity contribution in [3.8, 4) is 0 Å². The number of halogens is 2. The van der Waals surface area contributed by atoms with E-state index < -0.39 is 23.0 Å². The van der Waals surface area contributed by atoms with Gasteiger partial charge in [-0.3, -0.25) is 9.80 Å². The maximum absolute atomic E-state index is 14.3. The van der Waals surface area contributed by atoms with E-state index in [-0.39, 0.29) is 17.6 Å². The van der Waals surface area contributed by atoms with Crippen LogP contribution in [0.1, 0.15) is 42.6 Å². The first-order chi connectivity index (χ1) is 18.3. The second kappa shape index (κ2) is 11.5. The number of para-hydroxylation sites is 1. The van der Waals surface area contributed by atoms with E-state index in [1.54, 1.807) is 0 Å². The highest BCUT2D eigenvalue weighted by molar-refractivity contribution is 7.92. The molecule has 0 spiro atoms. The fourth-order valence-corrected chi connectivity index (χ4v) is 6.58. The zero-order chi connectivity index (χ0) is 26.8. The van der Waals surface area contributed by atoms with E-state index >= 15 is 0 Å². The Hall–Kier alpha value is -2.91. The van der Waals surface area contributed by atoms with Crippen molar-refractivity contribution in [2.24, 2.45) is 0 Å². The lowest BCUT2D eigenvalue weighted by atomic mass is 10.0. The van der Waals surface area contributed by atoms with Crippen LogP contribution < -0.4 is 9.62 Å². The van der Waals surface area contributed by atoms with Gasteiger partial charge >= 0.3 is 0 Å². The Balaban J connectivity index is 1.19. The average Bonchev–Trinajstić information content (AvgIpc) is 2.93. The first kappa shape index (κ1) is 26.7. The summed E-state index contributed by atoms with van der Waals surface area (Å²) in [5.41, 5.74) is 4.19. The molecule has 0 saturated carbocycles. The molecule has 8 heteroatoms. The summed E-state index contributed by atoms with van der Waals surface area (Å²) in [5, 5.41) is 0. The third-order valence-corrected chi connectivity index (χ3v) is 8.90. The summed E-state index contributed by atoms with van der Waals surface area (Å²) >= 11 is -1.39. The Bertz CT molecular complexity index is 1270.